The molecule has 3 N–H and O–H groups in total. The van der Waals surface area contributed by atoms with Crippen molar-refractivity contribution in [3.8, 4) is 0 Å². The number of nitrogens with two attached hydrogens (primary N) is 1. The Morgan fingerprint density at radius 3 is 2.56 bits per heavy atom. The van der Waals surface area contributed by atoms with E-state index in [1.807, 2.05) is 24.3 Å². The number of benzene rings is 2. The molecule has 4 heteroatoms. The lowest BCUT2D eigenvalue weighted by Gasteiger charge is -2.11. The van der Waals surface area contributed by atoms with E-state index in [2.05, 4.69) is 5.32 Å². The number of hydrogen-bond donors (Lipinski definition) is 2. The molecule has 18 heavy (non-hydrogen) atoms. The Labute approximate surface area is 111 Å². The van der Waals surface area contributed by atoms with E-state index in [4.69, 9.17) is 17.3 Å². The number of nitrogens with one attached hydrogen (secondary N) is 1. The first kappa shape index (κ1) is 12.7. The highest BCUT2D eigenvalue weighted by atomic mass is 35.5. The summed E-state index contributed by atoms with van der Waals surface area (Å²) in [6.07, 6.45) is 0. The molecule has 2 aromatic rings. The highest BCUT2D eigenvalue weighted by molar-refractivity contribution is 6.30. The first-order chi connectivity index (χ1) is 8.56. The van der Waals surface area contributed by atoms with Crippen LogP contribution in [-0.4, -0.2) is 0 Å². The second-order valence-corrected chi connectivity index (χ2v) is 4.61. The van der Waals surface area contributed by atoms with Gasteiger partial charge in [0.25, 0.3) is 0 Å². The summed E-state index contributed by atoms with van der Waals surface area (Å²) in [7, 11) is 0. The summed E-state index contributed by atoms with van der Waals surface area (Å²) in [5.41, 5.74) is 8.56. The molecule has 2 nitrogen and oxygen atoms in total. The van der Waals surface area contributed by atoms with Gasteiger partial charge in [0.05, 0.1) is 11.4 Å². The molecule has 0 aliphatic carbocycles. The number of hydrogen-bond acceptors (Lipinski definition) is 2. The fourth-order valence-corrected chi connectivity index (χ4v) is 1.78. The number of rotatable bonds is 3. The monoisotopic (exact) mass is 264 g/mol. The lowest BCUT2D eigenvalue weighted by molar-refractivity contribution is 0.619. The summed E-state index contributed by atoms with van der Waals surface area (Å²) in [5.74, 6) is -0.287. The van der Waals surface area contributed by atoms with Gasteiger partial charge in [0.2, 0.25) is 0 Å². The second kappa shape index (κ2) is 5.27. The molecule has 0 heterocycles. The molecule has 0 bridgehead atoms. The Morgan fingerprint density at radius 2 is 1.89 bits per heavy atom. The van der Waals surface area contributed by atoms with Crippen LogP contribution in [0.3, 0.4) is 0 Å². The van der Waals surface area contributed by atoms with Gasteiger partial charge in [0.1, 0.15) is 5.82 Å². The van der Waals surface area contributed by atoms with Crippen LogP contribution in [0.2, 0.25) is 5.02 Å². The summed E-state index contributed by atoms with van der Waals surface area (Å²) < 4.78 is 13.2. The van der Waals surface area contributed by atoms with Gasteiger partial charge < -0.3 is 11.1 Å². The summed E-state index contributed by atoms with van der Waals surface area (Å²) in [4.78, 5) is 0. The maximum Gasteiger partial charge on any atom is 0.128 e. The summed E-state index contributed by atoms with van der Waals surface area (Å²) >= 11 is 5.81. The average Bonchev–Trinajstić information content (AvgIpc) is 2.34. The maximum absolute atomic E-state index is 13.2. The van der Waals surface area contributed by atoms with Gasteiger partial charge in [0.15, 0.2) is 0 Å². The van der Waals surface area contributed by atoms with Gasteiger partial charge in [-0.05, 0) is 42.3 Å². The third-order valence-corrected chi connectivity index (χ3v) is 2.98. The van der Waals surface area contributed by atoms with Crippen molar-refractivity contribution in [1.82, 2.24) is 0 Å². The molecule has 2 rings (SSSR count). The van der Waals surface area contributed by atoms with Crippen molar-refractivity contribution in [1.29, 1.82) is 0 Å². The van der Waals surface area contributed by atoms with E-state index in [1.165, 1.54) is 6.07 Å². The smallest absolute Gasteiger partial charge is 0.128 e. The molecule has 0 aromatic heterocycles. The second-order valence-electron chi connectivity index (χ2n) is 4.17. The lowest BCUT2D eigenvalue weighted by atomic mass is 10.1. The maximum atomic E-state index is 13.2. The first-order valence-corrected chi connectivity index (χ1v) is 5.98. The zero-order valence-corrected chi connectivity index (χ0v) is 10.8. The van der Waals surface area contributed by atoms with Crippen molar-refractivity contribution in [2.24, 2.45) is 0 Å². The van der Waals surface area contributed by atoms with Crippen molar-refractivity contribution >= 4 is 23.0 Å². The van der Waals surface area contributed by atoms with Gasteiger partial charge >= 0.3 is 0 Å². The molecule has 0 amide bonds. The topological polar surface area (TPSA) is 38.0 Å². The number of halogens is 2. The van der Waals surface area contributed by atoms with Crippen molar-refractivity contribution in [3.63, 3.8) is 0 Å². The van der Waals surface area contributed by atoms with Crippen molar-refractivity contribution < 1.29 is 4.39 Å². The molecule has 0 radical (unpaired) electrons. The average molecular weight is 265 g/mol. The molecule has 0 saturated carbocycles. The molecule has 0 fully saturated rings. The van der Waals surface area contributed by atoms with Crippen LogP contribution in [0.4, 0.5) is 15.8 Å². The van der Waals surface area contributed by atoms with Crippen LogP contribution in [-0.2, 0) is 6.54 Å². The third kappa shape index (κ3) is 2.93. The van der Waals surface area contributed by atoms with Gasteiger partial charge in [-0.25, -0.2) is 4.39 Å². The van der Waals surface area contributed by atoms with Crippen LogP contribution in [0.1, 0.15) is 11.1 Å². The van der Waals surface area contributed by atoms with Crippen molar-refractivity contribution in [3.05, 3.63) is 58.4 Å². The highest BCUT2D eigenvalue weighted by Gasteiger charge is 2.04. The van der Waals surface area contributed by atoms with E-state index >= 15 is 0 Å². The SMILES string of the molecule is Cc1cc(NCc2ccc(Cl)cc2)c(N)cc1F. The fourth-order valence-electron chi connectivity index (χ4n) is 1.65. The Morgan fingerprint density at radius 1 is 1.22 bits per heavy atom. The summed E-state index contributed by atoms with van der Waals surface area (Å²) in [6, 6.07) is 10.6. The number of anilines is 2. The summed E-state index contributed by atoms with van der Waals surface area (Å²) in [5, 5.41) is 3.89. The van der Waals surface area contributed by atoms with E-state index in [1.54, 1.807) is 13.0 Å². The normalized spacial score (nSPS) is 10.4. The molecule has 0 spiro atoms. The van der Waals surface area contributed by atoms with Gasteiger partial charge in [-0.15, -0.1) is 0 Å². The van der Waals surface area contributed by atoms with E-state index in [-0.39, 0.29) is 5.82 Å². The number of aryl methyl sites for hydroxylation is 1. The fraction of sp³-hybridized carbons (Fsp3) is 0.143. The van der Waals surface area contributed by atoms with Crippen molar-refractivity contribution in [2.75, 3.05) is 11.1 Å². The third-order valence-electron chi connectivity index (χ3n) is 2.73. The first-order valence-electron chi connectivity index (χ1n) is 5.60. The standard InChI is InChI=1S/C14H14ClFN2/c1-9-6-14(13(17)7-12(9)16)18-8-10-2-4-11(15)5-3-10/h2-7,18H,8,17H2,1H3. The molecule has 0 saturated heterocycles. The van der Waals surface area contributed by atoms with Crippen LogP contribution in [0.25, 0.3) is 0 Å². The molecule has 94 valence electrons. The minimum Gasteiger partial charge on any atom is -0.397 e. The predicted octanol–water partition coefficient (Wildman–Crippen LogP) is 3.98. The minimum atomic E-state index is -0.287. The molecule has 0 aliphatic heterocycles. The van der Waals surface area contributed by atoms with Gasteiger partial charge in [-0.1, -0.05) is 23.7 Å². The molecular weight excluding hydrogens is 251 g/mol. The molecule has 0 unspecified atom stereocenters. The minimum absolute atomic E-state index is 0.287. The number of nitrogen functional groups attached to an aromatic ring is 1. The lowest BCUT2D eigenvalue weighted by Crippen LogP contribution is -2.03. The Kier molecular flexibility index (Phi) is 3.72. The molecule has 0 aliphatic rings. The Balaban J connectivity index is 2.10. The van der Waals surface area contributed by atoms with Gasteiger partial charge in [0, 0.05) is 11.6 Å². The van der Waals surface area contributed by atoms with Crippen LogP contribution in [0.15, 0.2) is 36.4 Å². The van der Waals surface area contributed by atoms with Gasteiger partial charge in [-0.2, -0.15) is 0 Å². The predicted molar refractivity (Wildman–Crippen MR) is 74.3 cm³/mol. The zero-order chi connectivity index (χ0) is 13.1. The molecule has 2 aromatic carbocycles. The van der Waals surface area contributed by atoms with Gasteiger partial charge in [-0.3, -0.25) is 0 Å². The molecule has 0 atom stereocenters. The Bertz CT molecular complexity index is 552. The van der Waals surface area contributed by atoms with E-state index in [9.17, 15) is 4.39 Å². The van der Waals surface area contributed by atoms with Crippen LogP contribution >= 0.6 is 11.6 Å². The van der Waals surface area contributed by atoms with Crippen molar-refractivity contribution in [2.45, 2.75) is 13.5 Å². The largest absolute Gasteiger partial charge is 0.397 e. The highest BCUT2D eigenvalue weighted by Crippen LogP contribution is 2.23. The van der Waals surface area contributed by atoms with E-state index in [0.29, 0.717) is 22.8 Å². The van der Waals surface area contributed by atoms with Crippen LogP contribution in [0, 0.1) is 12.7 Å². The quantitative estimate of drug-likeness (QED) is 0.823. The molecular formula is C14H14ClFN2. The van der Waals surface area contributed by atoms with Crippen LogP contribution in [0.5, 0.6) is 0 Å². The zero-order valence-electron chi connectivity index (χ0n) is 10.0. The Hall–Kier alpha value is -1.74. The summed E-state index contributed by atoms with van der Waals surface area (Å²) in [6.45, 7) is 2.33. The van der Waals surface area contributed by atoms with E-state index in [0.717, 1.165) is 11.3 Å². The van der Waals surface area contributed by atoms with E-state index < -0.39 is 0 Å². The van der Waals surface area contributed by atoms with Crippen LogP contribution < -0.4 is 11.1 Å².